The summed E-state index contributed by atoms with van der Waals surface area (Å²) >= 11 is 2.89. The molecule has 2 N–H and O–H groups in total. The number of H-pyrrole nitrogens is 1. The minimum Gasteiger partial charge on any atom is -0.349 e. The Bertz CT molecular complexity index is 1710. The Kier molecular flexibility index (Phi) is 6.68. The van der Waals surface area contributed by atoms with Gasteiger partial charge in [0.25, 0.3) is 11.5 Å². The number of carbonyl (C=O) groups excluding carboxylic acids is 1. The molecule has 12 heteroatoms. The Morgan fingerprint density at radius 3 is 2.50 bits per heavy atom. The first-order valence-electron chi connectivity index (χ1n) is 12.7. The molecule has 0 spiro atoms. The maximum atomic E-state index is 14.1. The van der Waals surface area contributed by atoms with Gasteiger partial charge in [-0.05, 0) is 74.3 Å². The van der Waals surface area contributed by atoms with Crippen molar-refractivity contribution in [3.63, 3.8) is 0 Å². The number of pyridine rings is 1. The number of thiazole rings is 1. The highest BCUT2D eigenvalue weighted by Gasteiger charge is 2.30. The number of nitrogens with one attached hydrogen (secondary N) is 2. The van der Waals surface area contributed by atoms with Gasteiger partial charge in [0.15, 0.2) is 0 Å². The quantitative estimate of drug-likeness (QED) is 0.397. The van der Waals surface area contributed by atoms with Gasteiger partial charge in [-0.25, -0.2) is 14.2 Å². The highest BCUT2D eigenvalue weighted by molar-refractivity contribution is 7.99. The van der Waals surface area contributed by atoms with Gasteiger partial charge in [-0.1, -0.05) is 11.3 Å². The van der Waals surface area contributed by atoms with Crippen LogP contribution in [0.4, 0.5) is 4.39 Å². The Morgan fingerprint density at radius 2 is 1.74 bits per heavy atom. The summed E-state index contributed by atoms with van der Waals surface area (Å²) in [6.07, 6.45) is 4.91. The maximum absolute atomic E-state index is 14.1. The summed E-state index contributed by atoms with van der Waals surface area (Å²) in [5, 5.41) is 3.18. The van der Waals surface area contributed by atoms with Crippen molar-refractivity contribution < 1.29 is 9.18 Å². The standard InChI is InChI=1S/C26H26FN5O4S2/c27-15-12-19-22(28-13-15)31(18-7-9-37-10-8-18)26(36)32(24(19)34)17-4-2-16(3-5-17)29-23(33)14-1-6-20-21(11-14)38-25(35)30-20/h1,6,11-13,16-18H,2-5,7-10H2,(H,29,33)(H,30,35)/t16-,17+. The van der Waals surface area contributed by atoms with E-state index in [1.54, 1.807) is 22.8 Å². The van der Waals surface area contributed by atoms with Crippen LogP contribution >= 0.6 is 23.1 Å². The van der Waals surface area contributed by atoms with Crippen LogP contribution in [0.5, 0.6) is 0 Å². The van der Waals surface area contributed by atoms with E-state index in [9.17, 15) is 23.6 Å². The third-order valence-corrected chi connectivity index (χ3v) is 9.45. The lowest BCUT2D eigenvalue weighted by molar-refractivity contribution is 0.0922. The molecule has 198 valence electrons. The van der Waals surface area contributed by atoms with Crippen molar-refractivity contribution in [3.8, 4) is 0 Å². The Morgan fingerprint density at radius 1 is 1.00 bits per heavy atom. The van der Waals surface area contributed by atoms with Gasteiger partial charge in [-0.3, -0.25) is 23.5 Å². The summed E-state index contributed by atoms with van der Waals surface area (Å²) in [7, 11) is 0. The number of thioether (sulfide) groups is 1. The number of rotatable bonds is 4. The lowest BCUT2D eigenvalue weighted by atomic mass is 9.90. The molecule has 1 aliphatic carbocycles. The summed E-state index contributed by atoms with van der Waals surface area (Å²) in [6.45, 7) is 0. The number of hydrogen-bond donors (Lipinski definition) is 2. The van der Waals surface area contributed by atoms with Gasteiger partial charge in [0.1, 0.15) is 11.5 Å². The van der Waals surface area contributed by atoms with E-state index >= 15 is 0 Å². The zero-order valence-electron chi connectivity index (χ0n) is 20.4. The van der Waals surface area contributed by atoms with Crippen LogP contribution in [0.25, 0.3) is 21.3 Å². The number of aromatic nitrogens is 4. The van der Waals surface area contributed by atoms with Gasteiger partial charge >= 0.3 is 10.6 Å². The minimum absolute atomic E-state index is 0.0809. The number of amides is 1. The molecule has 0 atom stereocenters. The number of hydrogen-bond acceptors (Lipinski definition) is 7. The Labute approximate surface area is 224 Å². The highest BCUT2D eigenvalue weighted by Crippen LogP contribution is 2.30. The lowest BCUT2D eigenvalue weighted by Crippen LogP contribution is -2.46. The first-order valence-corrected chi connectivity index (χ1v) is 14.7. The molecule has 6 rings (SSSR count). The number of carbonyl (C=O) groups is 1. The molecule has 1 amide bonds. The van der Waals surface area contributed by atoms with Crippen molar-refractivity contribution in [1.82, 2.24) is 24.4 Å². The smallest absolute Gasteiger partial charge is 0.333 e. The fraction of sp³-hybridized carbons (Fsp3) is 0.423. The average molecular weight is 556 g/mol. The van der Waals surface area contributed by atoms with Crippen molar-refractivity contribution in [2.75, 3.05) is 11.5 Å². The first kappa shape index (κ1) is 25.1. The Hall–Kier alpha value is -3.25. The van der Waals surface area contributed by atoms with Crippen molar-refractivity contribution in [3.05, 3.63) is 72.3 Å². The minimum atomic E-state index is -0.609. The number of nitrogens with zero attached hydrogens (tertiary/aromatic N) is 3. The highest BCUT2D eigenvalue weighted by atomic mass is 32.2. The van der Waals surface area contributed by atoms with E-state index in [2.05, 4.69) is 15.3 Å². The fourth-order valence-corrected chi connectivity index (χ4v) is 7.49. The molecule has 4 aromatic rings. The van der Waals surface area contributed by atoms with Crippen LogP contribution in [0, 0.1) is 5.82 Å². The van der Waals surface area contributed by atoms with Crippen LogP contribution in [-0.2, 0) is 0 Å². The third-order valence-electron chi connectivity index (χ3n) is 7.56. The zero-order chi connectivity index (χ0) is 26.4. The molecule has 2 fully saturated rings. The zero-order valence-corrected chi connectivity index (χ0v) is 22.1. The molecule has 1 aromatic carbocycles. The van der Waals surface area contributed by atoms with Crippen LogP contribution < -0.4 is 21.4 Å². The predicted molar refractivity (Wildman–Crippen MR) is 147 cm³/mol. The number of benzene rings is 1. The Balaban J connectivity index is 1.24. The molecule has 0 bridgehead atoms. The van der Waals surface area contributed by atoms with E-state index in [0.29, 0.717) is 36.8 Å². The van der Waals surface area contributed by atoms with Gasteiger partial charge in [0, 0.05) is 23.7 Å². The van der Waals surface area contributed by atoms with Crippen molar-refractivity contribution in [1.29, 1.82) is 0 Å². The van der Waals surface area contributed by atoms with Crippen LogP contribution in [0.3, 0.4) is 0 Å². The van der Waals surface area contributed by atoms with E-state index in [4.69, 9.17) is 0 Å². The summed E-state index contributed by atoms with van der Waals surface area (Å²) in [5.41, 5.74) is 0.531. The molecule has 2 aliphatic rings. The molecule has 1 saturated carbocycles. The van der Waals surface area contributed by atoms with E-state index in [-0.39, 0.29) is 45.6 Å². The topological polar surface area (TPSA) is 119 Å². The summed E-state index contributed by atoms with van der Waals surface area (Å²) < 4.78 is 17.7. The molecular formula is C26H26FN5O4S2. The fourth-order valence-electron chi connectivity index (χ4n) is 5.63. The normalized spacial score (nSPS) is 20.7. The van der Waals surface area contributed by atoms with E-state index < -0.39 is 11.4 Å². The maximum Gasteiger partial charge on any atom is 0.333 e. The molecule has 9 nitrogen and oxygen atoms in total. The molecule has 1 aliphatic heterocycles. The van der Waals surface area contributed by atoms with E-state index in [0.717, 1.165) is 46.6 Å². The second-order valence-corrected chi connectivity index (χ2v) is 12.1. The van der Waals surface area contributed by atoms with Gasteiger partial charge in [-0.15, -0.1) is 0 Å². The van der Waals surface area contributed by atoms with Gasteiger partial charge in [0.05, 0.1) is 21.8 Å². The van der Waals surface area contributed by atoms with Crippen LogP contribution in [-0.4, -0.2) is 42.6 Å². The summed E-state index contributed by atoms with van der Waals surface area (Å²) in [4.78, 5) is 58.3. The predicted octanol–water partition coefficient (Wildman–Crippen LogP) is 3.58. The van der Waals surface area contributed by atoms with E-state index in [1.807, 2.05) is 11.8 Å². The number of aromatic amines is 1. The first-order chi connectivity index (χ1) is 18.4. The lowest BCUT2D eigenvalue weighted by Gasteiger charge is -2.31. The van der Waals surface area contributed by atoms with Gasteiger partial charge in [0.2, 0.25) is 0 Å². The molecule has 3 aromatic heterocycles. The second kappa shape index (κ2) is 10.1. The van der Waals surface area contributed by atoms with Crippen molar-refractivity contribution >= 4 is 50.3 Å². The second-order valence-electron chi connectivity index (χ2n) is 9.90. The van der Waals surface area contributed by atoms with Crippen LogP contribution in [0.1, 0.15) is 61.0 Å². The molecule has 1 saturated heterocycles. The van der Waals surface area contributed by atoms with E-state index in [1.165, 1.54) is 10.6 Å². The van der Waals surface area contributed by atoms with Crippen LogP contribution in [0.2, 0.25) is 0 Å². The molecule has 0 radical (unpaired) electrons. The SMILES string of the molecule is O=C(N[C@H]1CC[C@@H](n2c(=O)c3cc(F)cnc3n(C3CCSCC3)c2=O)CC1)c1ccc2[nH]c(=O)sc2c1. The van der Waals surface area contributed by atoms with Gasteiger partial charge in [-0.2, -0.15) is 11.8 Å². The molecule has 4 heterocycles. The molecule has 38 heavy (non-hydrogen) atoms. The summed E-state index contributed by atoms with van der Waals surface area (Å²) in [5.74, 6) is 0.999. The summed E-state index contributed by atoms with van der Waals surface area (Å²) in [6, 6.07) is 5.76. The molecular weight excluding hydrogens is 529 g/mol. The number of fused-ring (bicyclic) bond motifs is 2. The monoisotopic (exact) mass is 555 g/mol. The average Bonchev–Trinajstić information content (AvgIpc) is 3.30. The largest absolute Gasteiger partial charge is 0.349 e. The number of halogens is 1. The van der Waals surface area contributed by atoms with Crippen molar-refractivity contribution in [2.45, 2.75) is 56.7 Å². The van der Waals surface area contributed by atoms with Gasteiger partial charge < -0.3 is 10.3 Å². The third kappa shape index (κ3) is 4.60. The molecule has 0 unspecified atom stereocenters. The van der Waals surface area contributed by atoms with Crippen molar-refractivity contribution in [2.24, 2.45) is 0 Å². The van der Waals surface area contributed by atoms with Crippen LogP contribution in [0.15, 0.2) is 44.8 Å².